The summed E-state index contributed by atoms with van der Waals surface area (Å²) in [5.41, 5.74) is 0.722. The summed E-state index contributed by atoms with van der Waals surface area (Å²) < 4.78 is 11.2. The highest BCUT2D eigenvalue weighted by Gasteiger charge is 2.40. The zero-order valence-electron chi connectivity index (χ0n) is 13.9. The van der Waals surface area contributed by atoms with E-state index in [2.05, 4.69) is 0 Å². The fourth-order valence-corrected chi connectivity index (χ4v) is 2.20. The molecule has 0 bridgehead atoms. The minimum atomic E-state index is -1.32. The van der Waals surface area contributed by atoms with Crippen molar-refractivity contribution in [2.24, 2.45) is 5.92 Å². The molecule has 0 amide bonds. The van der Waals surface area contributed by atoms with E-state index in [-0.39, 0.29) is 5.92 Å². The minimum absolute atomic E-state index is 0.196. The highest BCUT2D eigenvalue weighted by atomic mass is 16.5. The molecule has 0 fully saturated rings. The van der Waals surface area contributed by atoms with Crippen molar-refractivity contribution in [1.82, 2.24) is 0 Å². The van der Waals surface area contributed by atoms with Gasteiger partial charge < -0.3 is 14.6 Å². The summed E-state index contributed by atoms with van der Waals surface area (Å²) in [6.45, 7) is 5.21. The second kappa shape index (κ2) is 6.73. The summed E-state index contributed by atoms with van der Waals surface area (Å²) in [6.07, 6.45) is 0. The molecule has 2 aromatic carbocycles. The van der Waals surface area contributed by atoms with Crippen LogP contribution in [0.25, 0.3) is 11.1 Å². The van der Waals surface area contributed by atoms with Crippen molar-refractivity contribution in [2.75, 3.05) is 7.11 Å². The topological polar surface area (TPSA) is 55.8 Å². The monoisotopic (exact) mass is 314 g/mol. The molecule has 4 heteroatoms. The number of carboxylic acids is 1. The molecule has 4 nitrogen and oxygen atoms in total. The molecule has 0 aromatic heterocycles. The lowest BCUT2D eigenvalue weighted by atomic mass is 9.92. The molecule has 0 aliphatic carbocycles. The second-order valence-electron chi connectivity index (χ2n) is 5.90. The fraction of sp³-hybridized carbons (Fsp3) is 0.316. The smallest absolute Gasteiger partial charge is 0.348 e. The molecule has 2 rings (SSSR count). The number of benzene rings is 2. The van der Waals surface area contributed by atoms with E-state index >= 15 is 0 Å². The molecule has 0 saturated heterocycles. The van der Waals surface area contributed by atoms with Crippen molar-refractivity contribution in [1.29, 1.82) is 0 Å². The molecular weight excluding hydrogens is 292 g/mol. The highest BCUT2D eigenvalue weighted by Crippen LogP contribution is 2.36. The van der Waals surface area contributed by atoms with Crippen molar-refractivity contribution in [3.05, 3.63) is 48.5 Å². The molecule has 0 radical (unpaired) electrons. The van der Waals surface area contributed by atoms with Crippen LogP contribution in [-0.4, -0.2) is 23.8 Å². The SMILES string of the molecule is COc1cc(-c2ccccc2)ccc1OC(C)(C(=O)O)C(C)C. The first-order valence-electron chi connectivity index (χ1n) is 7.54. The molecule has 1 N–H and O–H groups in total. The van der Waals surface area contributed by atoms with Crippen LogP contribution in [0, 0.1) is 5.92 Å². The lowest BCUT2D eigenvalue weighted by molar-refractivity contribution is -0.157. The Morgan fingerprint density at radius 3 is 2.22 bits per heavy atom. The Morgan fingerprint density at radius 1 is 1.04 bits per heavy atom. The molecule has 0 heterocycles. The van der Waals surface area contributed by atoms with E-state index in [1.54, 1.807) is 20.1 Å². The molecule has 122 valence electrons. The molecular formula is C19H22O4. The van der Waals surface area contributed by atoms with Gasteiger partial charge in [0.15, 0.2) is 11.5 Å². The molecule has 0 saturated carbocycles. The van der Waals surface area contributed by atoms with Crippen LogP contribution in [0.15, 0.2) is 48.5 Å². The lowest BCUT2D eigenvalue weighted by Crippen LogP contribution is -2.46. The predicted molar refractivity (Wildman–Crippen MR) is 89.9 cm³/mol. The maximum absolute atomic E-state index is 11.6. The van der Waals surface area contributed by atoms with Gasteiger partial charge in [0.05, 0.1) is 7.11 Å². The first kappa shape index (κ1) is 16.9. The van der Waals surface area contributed by atoms with Crippen LogP contribution in [-0.2, 0) is 4.79 Å². The molecule has 0 spiro atoms. The largest absolute Gasteiger partial charge is 0.493 e. The Morgan fingerprint density at radius 2 is 1.70 bits per heavy atom. The van der Waals surface area contributed by atoms with E-state index in [9.17, 15) is 9.90 Å². The van der Waals surface area contributed by atoms with Crippen molar-refractivity contribution in [3.63, 3.8) is 0 Å². The van der Waals surface area contributed by atoms with Crippen LogP contribution in [0.1, 0.15) is 20.8 Å². The van der Waals surface area contributed by atoms with Crippen LogP contribution >= 0.6 is 0 Å². The third-order valence-corrected chi connectivity index (χ3v) is 4.12. The van der Waals surface area contributed by atoms with Crippen LogP contribution < -0.4 is 9.47 Å². The fourth-order valence-electron chi connectivity index (χ4n) is 2.20. The van der Waals surface area contributed by atoms with Gasteiger partial charge in [0.1, 0.15) is 0 Å². The summed E-state index contributed by atoms with van der Waals surface area (Å²) in [5, 5.41) is 9.49. The Bertz CT molecular complexity index is 679. The number of carbonyl (C=O) groups is 1. The number of hydrogen-bond donors (Lipinski definition) is 1. The van der Waals surface area contributed by atoms with Gasteiger partial charge in [-0.2, -0.15) is 0 Å². The van der Waals surface area contributed by atoms with Crippen LogP contribution in [0.2, 0.25) is 0 Å². The summed E-state index contributed by atoms with van der Waals surface area (Å²) in [6, 6.07) is 15.4. The molecule has 1 unspecified atom stereocenters. The van der Waals surface area contributed by atoms with E-state index in [0.29, 0.717) is 11.5 Å². The molecule has 1 atom stereocenters. The standard InChI is InChI=1S/C19H22O4/c1-13(2)19(3,18(20)21)23-16-11-10-15(12-17(16)22-4)14-8-6-5-7-9-14/h5-13H,1-4H3,(H,20,21). The maximum atomic E-state index is 11.6. The average Bonchev–Trinajstić information content (AvgIpc) is 2.55. The van der Waals surface area contributed by atoms with Crippen molar-refractivity contribution in [3.8, 4) is 22.6 Å². The first-order valence-corrected chi connectivity index (χ1v) is 7.54. The third-order valence-electron chi connectivity index (χ3n) is 4.12. The molecule has 0 aliphatic heterocycles. The Labute approximate surface area is 136 Å². The number of aliphatic carboxylic acids is 1. The van der Waals surface area contributed by atoms with Crippen LogP contribution in [0.5, 0.6) is 11.5 Å². The highest BCUT2D eigenvalue weighted by molar-refractivity contribution is 5.78. The zero-order valence-corrected chi connectivity index (χ0v) is 13.9. The summed E-state index contributed by atoms with van der Waals surface area (Å²) in [7, 11) is 1.55. The number of rotatable bonds is 6. The van der Waals surface area contributed by atoms with Gasteiger partial charge >= 0.3 is 5.97 Å². The quantitative estimate of drug-likeness (QED) is 0.866. The third kappa shape index (κ3) is 3.47. The Hall–Kier alpha value is -2.49. The van der Waals surface area contributed by atoms with Gasteiger partial charge in [-0.15, -0.1) is 0 Å². The van der Waals surface area contributed by atoms with Crippen molar-refractivity contribution < 1.29 is 19.4 Å². The van der Waals surface area contributed by atoms with Gasteiger partial charge in [-0.3, -0.25) is 0 Å². The zero-order chi connectivity index (χ0) is 17.0. The van der Waals surface area contributed by atoms with Gasteiger partial charge in [0.2, 0.25) is 5.60 Å². The van der Waals surface area contributed by atoms with Crippen LogP contribution in [0.4, 0.5) is 0 Å². The van der Waals surface area contributed by atoms with E-state index < -0.39 is 11.6 Å². The predicted octanol–water partition coefficient (Wildman–Crippen LogP) is 4.24. The lowest BCUT2D eigenvalue weighted by Gasteiger charge is -2.30. The van der Waals surface area contributed by atoms with E-state index in [1.807, 2.05) is 56.3 Å². The normalized spacial score (nSPS) is 13.4. The summed E-state index contributed by atoms with van der Waals surface area (Å²) in [4.78, 5) is 11.6. The van der Waals surface area contributed by atoms with Gasteiger partial charge in [-0.1, -0.05) is 50.2 Å². The number of ether oxygens (including phenoxy) is 2. The van der Waals surface area contributed by atoms with Gasteiger partial charge in [0.25, 0.3) is 0 Å². The number of carboxylic acid groups (broad SMARTS) is 1. The maximum Gasteiger partial charge on any atom is 0.348 e. The van der Waals surface area contributed by atoms with Gasteiger partial charge in [-0.05, 0) is 30.2 Å². The molecule has 23 heavy (non-hydrogen) atoms. The van der Waals surface area contributed by atoms with Crippen LogP contribution in [0.3, 0.4) is 0 Å². The average molecular weight is 314 g/mol. The minimum Gasteiger partial charge on any atom is -0.493 e. The second-order valence-corrected chi connectivity index (χ2v) is 5.90. The first-order chi connectivity index (χ1) is 10.9. The Kier molecular flexibility index (Phi) is 4.94. The number of methoxy groups -OCH3 is 1. The van der Waals surface area contributed by atoms with Crippen molar-refractivity contribution in [2.45, 2.75) is 26.4 Å². The van der Waals surface area contributed by atoms with E-state index in [0.717, 1.165) is 11.1 Å². The van der Waals surface area contributed by atoms with Crippen molar-refractivity contribution >= 4 is 5.97 Å². The van der Waals surface area contributed by atoms with E-state index in [4.69, 9.17) is 9.47 Å². The molecule has 2 aromatic rings. The summed E-state index contributed by atoms with van der Waals surface area (Å²) in [5.74, 6) is -0.259. The van der Waals surface area contributed by atoms with Gasteiger partial charge in [0, 0.05) is 5.92 Å². The van der Waals surface area contributed by atoms with Gasteiger partial charge in [-0.25, -0.2) is 4.79 Å². The Balaban J connectivity index is 2.39. The van der Waals surface area contributed by atoms with E-state index in [1.165, 1.54) is 0 Å². The number of hydrogen-bond acceptors (Lipinski definition) is 3. The summed E-state index contributed by atoms with van der Waals surface area (Å²) >= 11 is 0. The molecule has 0 aliphatic rings.